The second-order valence-electron chi connectivity index (χ2n) is 9.26. The third-order valence-electron chi connectivity index (χ3n) is 6.33. The van der Waals surface area contributed by atoms with Crippen LogP contribution >= 0.6 is 0 Å². The molecule has 1 N–H and O–H groups in total. The Bertz CT molecular complexity index is 388. The molecule has 3 nitrogen and oxygen atoms in total. The van der Waals surface area contributed by atoms with Crippen LogP contribution in [0.5, 0.6) is 0 Å². The number of Topliss-reactive ketones (excluding diaryl/α,β-unsaturated/α-hetero) is 2. The van der Waals surface area contributed by atoms with E-state index in [0.29, 0.717) is 19.3 Å². The van der Waals surface area contributed by atoms with Gasteiger partial charge in [-0.1, -0.05) is 117 Å². The number of hydrogen-bond acceptors (Lipinski definition) is 3. The molecule has 0 amide bonds. The molecule has 0 unspecified atom stereocenters. The normalized spacial score (nSPS) is 11.7. The van der Waals surface area contributed by atoms with Crippen molar-refractivity contribution < 1.29 is 14.7 Å². The van der Waals surface area contributed by atoms with Crippen molar-refractivity contribution in [3.63, 3.8) is 0 Å². The Kier molecular flexibility index (Phi) is 19.7. The van der Waals surface area contributed by atoms with Crippen molar-refractivity contribution >= 4 is 11.6 Å². The van der Waals surface area contributed by atoms with Crippen molar-refractivity contribution in [3.05, 3.63) is 0 Å². The number of unbranched alkanes of at least 4 members (excludes halogenated alkanes) is 15. The highest BCUT2D eigenvalue weighted by atomic mass is 16.3. The SMILES string of the molecule is CCCCCCCCC(=O)C(O)(CCCCCCCC)C(=O)CCCCCCCC. The highest BCUT2D eigenvalue weighted by Gasteiger charge is 2.41. The number of carbonyl (C=O) groups excluding carboxylic acids is 2. The molecule has 0 rings (SSSR count). The number of hydrogen-bond donors (Lipinski definition) is 1. The first-order valence-electron chi connectivity index (χ1n) is 13.3. The van der Waals surface area contributed by atoms with E-state index in [4.69, 9.17) is 0 Å². The quantitative estimate of drug-likeness (QED) is 0.133. The lowest BCUT2D eigenvalue weighted by atomic mass is 9.83. The van der Waals surface area contributed by atoms with Crippen LogP contribution in [0.2, 0.25) is 0 Å². The van der Waals surface area contributed by atoms with E-state index < -0.39 is 5.60 Å². The van der Waals surface area contributed by atoms with Crippen LogP contribution in [0.1, 0.15) is 156 Å². The van der Waals surface area contributed by atoms with E-state index >= 15 is 0 Å². The summed E-state index contributed by atoms with van der Waals surface area (Å²) in [5.41, 5.74) is -1.72. The van der Waals surface area contributed by atoms with Crippen molar-refractivity contribution in [2.24, 2.45) is 0 Å². The van der Waals surface area contributed by atoms with Gasteiger partial charge in [-0.25, -0.2) is 0 Å². The molecule has 0 aromatic carbocycles. The van der Waals surface area contributed by atoms with Gasteiger partial charge in [-0.3, -0.25) is 9.59 Å². The number of carbonyl (C=O) groups is 2. The van der Waals surface area contributed by atoms with E-state index in [2.05, 4.69) is 20.8 Å². The summed E-state index contributed by atoms with van der Waals surface area (Å²) in [5.74, 6) is -0.440. The Balaban J connectivity index is 4.53. The van der Waals surface area contributed by atoms with E-state index in [1.54, 1.807) is 0 Å². The number of aliphatic hydroxyl groups is 1. The first-order valence-corrected chi connectivity index (χ1v) is 13.3. The highest BCUT2D eigenvalue weighted by molar-refractivity contribution is 6.10. The van der Waals surface area contributed by atoms with E-state index in [9.17, 15) is 14.7 Å². The van der Waals surface area contributed by atoms with E-state index in [1.807, 2.05) is 0 Å². The number of ketones is 2. The summed E-state index contributed by atoms with van der Waals surface area (Å²) in [7, 11) is 0. The molecule has 0 aromatic heterocycles. The molecule has 0 bridgehead atoms. The molecule has 0 atom stereocenters. The lowest BCUT2D eigenvalue weighted by Gasteiger charge is -2.25. The fraction of sp³-hybridized carbons (Fsp3) is 0.926. The van der Waals surface area contributed by atoms with Gasteiger partial charge in [-0.05, 0) is 25.7 Å². The van der Waals surface area contributed by atoms with Crippen LogP contribution in [-0.4, -0.2) is 22.3 Å². The minimum Gasteiger partial charge on any atom is -0.375 e. The van der Waals surface area contributed by atoms with Crippen LogP contribution in [0.15, 0.2) is 0 Å². The zero-order valence-corrected chi connectivity index (χ0v) is 20.6. The Labute approximate surface area is 187 Å². The van der Waals surface area contributed by atoms with Crippen LogP contribution in [0.25, 0.3) is 0 Å². The van der Waals surface area contributed by atoms with Crippen molar-refractivity contribution in [3.8, 4) is 0 Å². The Hall–Kier alpha value is -0.700. The molecule has 0 aliphatic rings. The molecular formula is C27H52O3. The largest absolute Gasteiger partial charge is 0.375 e. The van der Waals surface area contributed by atoms with Gasteiger partial charge in [-0.15, -0.1) is 0 Å². The number of rotatable bonds is 23. The van der Waals surface area contributed by atoms with Crippen LogP contribution < -0.4 is 0 Å². The minimum atomic E-state index is -1.72. The summed E-state index contributed by atoms with van der Waals surface area (Å²) in [4.78, 5) is 25.7. The van der Waals surface area contributed by atoms with Gasteiger partial charge in [0, 0.05) is 12.8 Å². The van der Waals surface area contributed by atoms with Crippen molar-refractivity contribution in [1.29, 1.82) is 0 Å². The second-order valence-corrected chi connectivity index (χ2v) is 9.26. The predicted molar refractivity (Wildman–Crippen MR) is 129 cm³/mol. The average molecular weight is 425 g/mol. The summed E-state index contributed by atoms with van der Waals surface area (Å²) >= 11 is 0. The molecule has 0 heterocycles. The summed E-state index contributed by atoms with van der Waals surface area (Å²) in [5, 5.41) is 11.1. The van der Waals surface area contributed by atoms with E-state index in [0.717, 1.165) is 57.8 Å². The topological polar surface area (TPSA) is 54.4 Å². The smallest absolute Gasteiger partial charge is 0.181 e. The van der Waals surface area contributed by atoms with Gasteiger partial charge in [0.2, 0.25) is 0 Å². The maximum absolute atomic E-state index is 12.9. The van der Waals surface area contributed by atoms with Gasteiger partial charge in [0.1, 0.15) is 0 Å². The zero-order chi connectivity index (χ0) is 22.5. The van der Waals surface area contributed by atoms with Crippen molar-refractivity contribution in [2.75, 3.05) is 0 Å². The summed E-state index contributed by atoms with van der Waals surface area (Å²) < 4.78 is 0. The maximum atomic E-state index is 12.9. The van der Waals surface area contributed by atoms with Crippen LogP contribution in [0.3, 0.4) is 0 Å². The molecule has 0 fully saturated rings. The van der Waals surface area contributed by atoms with Gasteiger partial charge in [-0.2, -0.15) is 0 Å². The Morgan fingerprint density at radius 3 is 1.17 bits per heavy atom. The molecule has 0 radical (unpaired) electrons. The van der Waals surface area contributed by atoms with Crippen LogP contribution in [0.4, 0.5) is 0 Å². The Morgan fingerprint density at radius 2 is 0.800 bits per heavy atom. The molecule has 3 heteroatoms. The van der Waals surface area contributed by atoms with Gasteiger partial charge in [0.15, 0.2) is 17.2 Å². The fourth-order valence-electron chi connectivity index (χ4n) is 4.14. The third-order valence-corrected chi connectivity index (χ3v) is 6.33. The molecule has 0 aliphatic heterocycles. The molecule has 0 spiro atoms. The van der Waals surface area contributed by atoms with Crippen molar-refractivity contribution in [2.45, 2.75) is 161 Å². The standard InChI is InChI=1S/C27H52O3/c1-4-7-10-13-16-19-22-25(28)27(30,24-21-18-15-12-9-6-3)26(29)23-20-17-14-11-8-5-2/h30H,4-24H2,1-3H3. The molecule has 0 aliphatic carbocycles. The molecule has 0 saturated heterocycles. The first-order chi connectivity index (χ1) is 14.5. The van der Waals surface area contributed by atoms with Crippen molar-refractivity contribution in [1.82, 2.24) is 0 Å². The molecule has 30 heavy (non-hydrogen) atoms. The van der Waals surface area contributed by atoms with Gasteiger partial charge >= 0.3 is 0 Å². The van der Waals surface area contributed by atoms with E-state index in [-0.39, 0.29) is 11.6 Å². The molecule has 0 aromatic rings. The maximum Gasteiger partial charge on any atom is 0.181 e. The minimum absolute atomic E-state index is 0.220. The summed E-state index contributed by atoms with van der Waals surface area (Å²) in [6.07, 6.45) is 20.8. The van der Waals surface area contributed by atoms with Crippen LogP contribution in [0, 0.1) is 0 Å². The lowest BCUT2D eigenvalue weighted by Crippen LogP contribution is -2.46. The molecular weight excluding hydrogens is 372 g/mol. The predicted octanol–water partition coefficient (Wildman–Crippen LogP) is 8.11. The van der Waals surface area contributed by atoms with Gasteiger partial charge in [0.05, 0.1) is 0 Å². The average Bonchev–Trinajstić information content (AvgIpc) is 2.74. The second kappa shape index (κ2) is 20.2. The van der Waals surface area contributed by atoms with E-state index in [1.165, 1.54) is 57.8 Å². The third kappa shape index (κ3) is 14.3. The van der Waals surface area contributed by atoms with Crippen LogP contribution in [-0.2, 0) is 9.59 Å². The summed E-state index contributed by atoms with van der Waals surface area (Å²) in [6, 6.07) is 0. The monoisotopic (exact) mass is 424 g/mol. The Morgan fingerprint density at radius 1 is 0.500 bits per heavy atom. The lowest BCUT2D eigenvalue weighted by molar-refractivity contribution is -0.152. The highest BCUT2D eigenvalue weighted by Crippen LogP contribution is 2.24. The van der Waals surface area contributed by atoms with Gasteiger partial charge in [0.25, 0.3) is 0 Å². The summed E-state index contributed by atoms with van der Waals surface area (Å²) in [6.45, 7) is 6.59. The molecule has 178 valence electrons. The van der Waals surface area contributed by atoms with Gasteiger partial charge < -0.3 is 5.11 Å². The molecule has 0 saturated carbocycles. The fourth-order valence-corrected chi connectivity index (χ4v) is 4.14. The first kappa shape index (κ1) is 29.3. The zero-order valence-electron chi connectivity index (χ0n) is 20.6.